The van der Waals surface area contributed by atoms with Gasteiger partial charge in [-0.3, -0.25) is 0 Å². The molecule has 0 N–H and O–H groups in total. The van der Waals surface area contributed by atoms with Crippen molar-refractivity contribution < 1.29 is 13.2 Å². The Kier molecular flexibility index (Phi) is 6.95. The van der Waals surface area contributed by atoms with Crippen LogP contribution in [0, 0.1) is 0 Å². The van der Waals surface area contributed by atoms with Gasteiger partial charge in [-0.2, -0.15) is 4.31 Å². The molecule has 174 valence electrons. The van der Waals surface area contributed by atoms with Crippen molar-refractivity contribution >= 4 is 16.0 Å². The summed E-state index contributed by atoms with van der Waals surface area (Å²) in [6, 6.07) is 16.9. The quantitative estimate of drug-likeness (QED) is 0.520. The van der Waals surface area contributed by atoms with Gasteiger partial charge in [-0.15, -0.1) is 0 Å². The molecule has 1 aliphatic heterocycles. The molecule has 0 aliphatic carbocycles. The molecule has 0 bridgehead atoms. The number of nitrogens with zero attached hydrogens (tertiary/aromatic N) is 4. The van der Waals surface area contributed by atoms with Crippen molar-refractivity contribution in [3.63, 3.8) is 0 Å². The summed E-state index contributed by atoms with van der Waals surface area (Å²) in [4.78, 5) is 11.5. The second-order valence-corrected chi connectivity index (χ2v) is 10.3. The highest BCUT2D eigenvalue weighted by atomic mass is 32.2. The molecule has 2 aromatic carbocycles. The van der Waals surface area contributed by atoms with Gasteiger partial charge in [0.2, 0.25) is 16.0 Å². The van der Waals surface area contributed by atoms with Crippen molar-refractivity contribution in [3.05, 3.63) is 66.4 Å². The van der Waals surface area contributed by atoms with E-state index in [1.165, 1.54) is 0 Å². The van der Waals surface area contributed by atoms with Gasteiger partial charge in [-0.05, 0) is 60.9 Å². The molecule has 1 aromatic heterocycles. The summed E-state index contributed by atoms with van der Waals surface area (Å²) in [6.45, 7) is 8.63. The third kappa shape index (κ3) is 5.17. The molecule has 3 aromatic rings. The zero-order valence-electron chi connectivity index (χ0n) is 19.3. The molecule has 0 unspecified atom stereocenters. The Balaban J connectivity index is 1.44. The van der Waals surface area contributed by atoms with E-state index in [1.807, 2.05) is 54.3 Å². The third-order valence-electron chi connectivity index (χ3n) is 5.81. The second kappa shape index (κ2) is 9.89. The minimum Gasteiger partial charge on any atom is -0.494 e. The zero-order chi connectivity index (χ0) is 23.4. The largest absolute Gasteiger partial charge is 0.494 e. The average Bonchev–Trinajstić information content (AvgIpc) is 2.85. The van der Waals surface area contributed by atoms with E-state index in [-0.39, 0.29) is 0 Å². The fourth-order valence-electron chi connectivity index (χ4n) is 3.85. The molecule has 0 spiro atoms. The van der Waals surface area contributed by atoms with Gasteiger partial charge in [-0.25, -0.2) is 18.4 Å². The lowest BCUT2D eigenvalue weighted by molar-refractivity contribution is 0.340. The minimum atomic E-state index is -3.52. The Morgan fingerprint density at radius 1 is 0.939 bits per heavy atom. The number of hydrogen-bond donors (Lipinski definition) is 0. The highest BCUT2D eigenvalue weighted by molar-refractivity contribution is 7.89. The molecule has 0 saturated carbocycles. The van der Waals surface area contributed by atoms with Crippen LogP contribution < -0.4 is 9.64 Å². The van der Waals surface area contributed by atoms with Crippen molar-refractivity contribution in [1.29, 1.82) is 0 Å². The maximum atomic E-state index is 13.1. The van der Waals surface area contributed by atoms with Gasteiger partial charge in [0.05, 0.1) is 17.2 Å². The summed E-state index contributed by atoms with van der Waals surface area (Å²) in [5.74, 6) is 1.80. The summed E-state index contributed by atoms with van der Waals surface area (Å²) >= 11 is 0. The fourth-order valence-corrected chi connectivity index (χ4v) is 5.27. The first-order chi connectivity index (χ1) is 15.9. The van der Waals surface area contributed by atoms with Gasteiger partial charge in [-0.1, -0.05) is 26.0 Å². The Labute approximate surface area is 196 Å². The molecular formula is C25H30N4O3S. The van der Waals surface area contributed by atoms with Crippen LogP contribution in [-0.2, 0) is 10.0 Å². The lowest BCUT2D eigenvalue weighted by atomic mass is 10.0. The van der Waals surface area contributed by atoms with Gasteiger partial charge in [0.25, 0.3) is 0 Å². The minimum absolute atomic E-state index is 0.342. The summed E-state index contributed by atoms with van der Waals surface area (Å²) in [7, 11) is -3.52. The van der Waals surface area contributed by atoms with Crippen LogP contribution in [0.5, 0.6) is 5.75 Å². The van der Waals surface area contributed by atoms with E-state index in [4.69, 9.17) is 9.72 Å². The van der Waals surface area contributed by atoms with Gasteiger partial charge >= 0.3 is 0 Å². The number of aromatic nitrogens is 2. The molecule has 0 amide bonds. The van der Waals surface area contributed by atoms with E-state index in [9.17, 15) is 8.42 Å². The molecular weight excluding hydrogens is 436 g/mol. The highest BCUT2D eigenvalue weighted by Gasteiger charge is 2.29. The average molecular weight is 467 g/mol. The SMILES string of the molecule is CCOc1ccc(-c2ccnc(N3CCN(S(=O)(=O)c4ccc(C(C)C)cc4)CC3)n2)cc1. The van der Waals surface area contributed by atoms with Crippen molar-refractivity contribution in [2.24, 2.45) is 0 Å². The van der Waals surface area contributed by atoms with Crippen LogP contribution in [0.25, 0.3) is 11.3 Å². The van der Waals surface area contributed by atoms with Crippen LogP contribution >= 0.6 is 0 Å². The van der Waals surface area contributed by atoms with Crippen molar-refractivity contribution in [2.75, 3.05) is 37.7 Å². The number of piperazine rings is 1. The van der Waals surface area contributed by atoms with E-state index < -0.39 is 10.0 Å². The van der Waals surface area contributed by atoms with Crippen LogP contribution in [0.3, 0.4) is 0 Å². The monoisotopic (exact) mass is 466 g/mol. The maximum absolute atomic E-state index is 13.1. The smallest absolute Gasteiger partial charge is 0.243 e. The van der Waals surface area contributed by atoms with E-state index in [1.54, 1.807) is 22.6 Å². The van der Waals surface area contributed by atoms with Gasteiger partial charge in [0.15, 0.2) is 0 Å². The lowest BCUT2D eigenvalue weighted by Gasteiger charge is -2.34. The molecule has 7 nitrogen and oxygen atoms in total. The molecule has 1 aliphatic rings. The van der Waals surface area contributed by atoms with Gasteiger partial charge in [0.1, 0.15) is 5.75 Å². The van der Waals surface area contributed by atoms with Crippen molar-refractivity contribution in [1.82, 2.24) is 14.3 Å². The van der Waals surface area contributed by atoms with Gasteiger partial charge in [0, 0.05) is 37.9 Å². The van der Waals surface area contributed by atoms with Crippen LogP contribution in [0.4, 0.5) is 5.95 Å². The van der Waals surface area contributed by atoms with Crippen LogP contribution in [0.1, 0.15) is 32.3 Å². The number of hydrogen-bond acceptors (Lipinski definition) is 6. The third-order valence-corrected chi connectivity index (χ3v) is 7.72. The van der Waals surface area contributed by atoms with Gasteiger partial charge < -0.3 is 9.64 Å². The van der Waals surface area contributed by atoms with Crippen LogP contribution in [0.15, 0.2) is 65.7 Å². The summed E-state index contributed by atoms with van der Waals surface area (Å²) in [5, 5.41) is 0. The topological polar surface area (TPSA) is 75.6 Å². The summed E-state index contributed by atoms with van der Waals surface area (Å²) in [5.41, 5.74) is 2.93. The Bertz CT molecular complexity index is 1170. The maximum Gasteiger partial charge on any atom is 0.243 e. The molecule has 0 radical (unpaired) electrons. The number of anilines is 1. The Morgan fingerprint density at radius 2 is 1.61 bits per heavy atom. The van der Waals surface area contributed by atoms with E-state index >= 15 is 0 Å². The first-order valence-corrected chi connectivity index (χ1v) is 12.7. The normalized spacial score (nSPS) is 15.1. The standard InChI is InChI=1S/C25H30N4O3S/c1-4-32-22-9-5-21(6-10-22)24-13-14-26-25(27-24)28-15-17-29(18-16-28)33(30,31)23-11-7-20(8-12-23)19(2)3/h5-14,19H,4,15-18H2,1-3H3. The van der Waals surface area contributed by atoms with Crippen molar-refractivity contribution in [2.45, 2.75) is 31.6 Å². The second-order valence-electron chi connectivity index (χ2n) is 8.31. The molecule has 0 atom stereocenters. The zero-order valence-corrected chi connectivity index (χ0v) is 20.1. The molecule has 2 heterocycles. The first kappa shape index (κ1) is 23.2. The van der Waals surface area contributed by atoms with Crippen LogP contribution in [0.2, 0.25) is 0 Å². The van der Waals surface area contributed by atoms with E-state index in [0.29, 0.717) is 49.5 Å². The number of sulfonamides is 1. The molecule has 1 fully saturated rings. The van der Waals surface area contributed by atoms with Crippen LogP contribution in [-0.4, -0.2) is 55.5 Å². The number of benzene rings is 2. The Hall–Kier alpha value is -2.97. The van der Waals surface area contributed by atoms with Crippen molar-refractivity contribution in [3.8, 4) is 17.0 Å². The molecule has 1 saturated heterocycles. The number of rotatable bonds is 7. The molecule has 33 heavy (non-hydrogen) atoms. The lowest BCUT2D eigenvalue weighted by Crippen LogP contribution is -2.49. The molecule has 4 rings (SSSR count). The number of ether oxygens (including phenoxy) is 1. The summed E-state index contributed by atoms with van der Waals surface area (Å²) < 4.78 is 33.2. The Morgan fingerprint density at radius 3 is 2.21 bits per heavy atom. The summed E-state index contributed by atoms with van der Waals surface area (Å²) in [6.07, 6.45) is 1.74. The highest BCUT2D eigenvalue weighted by Crippen LogP contribution is 2.24. The van der Waals surface area contributed by atoms with E-state index in [0.717, 1.165) is 22.6 Å². The predicted octanol–water partition coefficient (Wildman–Crippen LogP) is 4.18. The fraction of sp³-hybridized carbons (Fsp3) is 0.360. The molecule has 8 heteroatoms. The first-order valence-electron chi connectivity index (χ1n) is 11.3. The van der Waals surface area contributed by atoms with E-state index in [2.05, 4.69) is 18.8 Å². The predicted molar refractivity (Wildman–Crippen MR) is 130 cm³/mol.